The number of nitrogens with zero attached hydrogens (tertiary/aromatic N) is 1. The molecule has 0 saturated heterocycles. The predicted octanol–water partition coefficient (Wildman–Crippen LogP) is 3.31. The van der Waals surface area contributed by atoms with Crippen molar-refractivity contribution in [3.63, 3.8) is 0 Å². The van der Waals surface area contributed by atoms with Crippen LogP contribution in [0.2, 0.25) is 0 Å². The zero-order valence-electron chi connectivity index (χ0n) is 9.54. The minimum absolute atomic E-state index is 0.0257. The monoisotopic (exact) mass is 237 g/mol. The molecule has 0 bridgehead atoms. The van der Waals surface area contributed by atoms with Crippen molar-refractivity contribution in [3.05, 3.63) is 54.7 Å². The van der Waals surface area contributed by atoms with Crippen LogP contribution in [0.1, 0.15) is 0 Å². The van der Waals surface area contributed by atoms with Gasteiger partial charge in [-0.1, -0.05) is 30.3 Å². The van der Waals surface area contributed by atoms with Gasteiger partial charge in [-0.15, -0.1) is 0 Å². The molecule has 2 N–H and O–H groups in total. The Labute approximate surface area is 104 Å². The molecule has 3 aromatic rings. The summed E-state index contributed by atoms with van der Waals surface area (Å²) in [7, 11) is 0. The Morgan fingerprint density at radius 3 is 2.17 bits per heavy atom. The average molecular weight is 237 g/mol. The minimum atomic E-state index is 0.0257. The molecule has 0 amide bonds. The first kappa shape index (κ1) is 10.6. The molecule has 3 rings (SSSR count). The van der Waals surface area contributed by atoms with Crippen LogP contribution in [0.3, 0.4) is 0 Å². The van der Waals surface area contributed by atoms with Crippen LogP contribution in [-0.2, 0) is 0 Å². The van der Waals surface area contributed by atoms with Crippen LogP contribution >= 0.6 is 0 Å². The van der Waals surface area contributed by atoms with Gasteiger partial charge in [0.25, 0.3) is 0 Å². The average Bonchev–Trinajstić information content (AvgIpc) is 2.38. The summed E-state index contributed by atoms with van der Waals surface area (Å²) in [6, 6.07) is 14.3. The fraction of sp³-hybridized carbons (Fsp3) is 0. The maximum atomic E-state index is 9.82. The number of hydrogen-bond donors (Lipinski definition) is 2. The molecule has 0 unspecified atom stereocenters. The molecular weight excluding hydrogens is 226 g/mol. The zero-order valence-corrected chi connectivity index (χ0v) is 9.54. The maximum Gasteiger partial charge on any atom is 0.128 e. The van der Waals surface area contributed by atoms with Gasteiger partial charge in [0.1, 0.15) is 11.5 Å². The fourth-order valence-corrected chi connectivity index (χ4v) is 2.01. The quantitative estimate of drug-likeness (QED) is 0.682. The number of rotatable bonds is 1. The van der Waals surface area contributed by atoms with Gasteiger partial charge in [0.2, 0.25) is 0 Å². The van der Waals surface area contributed by atoms with E-state index in [4.69, 9.17) is 0 Å². The Bertz CT molecular complexity index is 702. The van der Waals surface area contributed by atoms with Gasteiger partial charge in [-0.25, -0.2) is 0 Å². The Hall–Kier alpha value is -2.55. The van der Waals surface area contributed by atoms with Crippen LogP contribution in [-0.4, -0.2) is 15.2 Å². The second-order valence-electron chi connectivity index (χ2n) is 4.09. The van der Waals surface area contributed by atoms with Gasteiger partial charge in [0.05, 0.1) is 11.3 Å². The van der Waals surface area contributed by atoms with Crippen molar-refractivity contribution < 1.29 is 10.2 Å². The topological polar surface area (TPSA) is 53.4 Å². The van der Waals surface area contributed by atoms with Gasteiger partial charge in [-0.05, 0) is 23.6 Å². The summed E-state index contributed by atoms with van der Waals surface area (Å²) in [6.45, 7) is 0. The summed E-state index contributed by atoms with van der Waals surface area (Å²) in [6.07, 6.45) is 1.73. The minimum Gasteiger partial charge on any atom is -0.507 e. The van der Waals surface area contributed by atoms with Crippen LogP contribution < -0.4 is 0 Å². The third-order valence-corrected chi connectivity index (χ3v) is 2.91. The largest absolute Gasteiger partial charge is 0.507 e. The van der Waals surface area contributed by atoms with Crippen LogP contribution in [0.15, 0.2) is 54.7 Å². The molecule has 88 valence electrons. The third kappa shape index (κ3) is 1.66. The molecule has 3 nitrogen and oxygen atoms in total. The fourth-order valence-electron chi connectivity index (χ4n) is 2.01. The molecule has 2 aromatic carbocycles. The standard InChI is InChI=1S/C15H11NO2/c17-13-6-3-7-14(18)15(13)12-8-10-4-1-2-5-11(10)9-16-12/h1-9,17-18H. The molecule has 0 radical (unpaired) electrons. The van der Waals surface area contributed by atoms with Crippen molar-refractivity contribution in [2.24, 2.45) is 0 Å². The number of benzene rings is 2. The molecule has 18 heavy (non-hydrogen) atoms. The molecule has 0 fully saturated rings. The van der Waals surface area contributed by atoms with Crippen molar-refractivity contribution >= 4 is 10.8 Å². The van der Waals surface area contributed by atoms with E-state index in [1.54, 1.807) is 12.3 Å². The van der Waals surface area contributed by atoms with E-state index in [9.17, 15) is 10.2 Å². The normalized spacial score (nSPS) is 10.7. The van der Waals surface area contributed by atoms with Gasteiger partial charge in [-0.3, -0.25) is 4.98 Å². The molecule has 0 aliphatic rings. The second-order valence-corrected chi connectivity index (χ2v) is 4.09. The van der Waals surface area contributed by atoms with Gasteiger partial charge < -0.3 is 10.2 Å². The first-order valence-corrected chi connectivity index (χ1v) is 5.62. The summed E-state index contributed by atoms with van der Waals surface area (Å²) in [4.78, 5) is 4.28. The van der Waals surface area contributed by atoms with Crippen molar-refractivity contribution in [2.45, 2.75) is 0 Å². The zero-order chi connectivity index (χ0) is 12.5. The van der Waals surface area contributed by atoms with Crippen LogP contribution in [0.4, 0.5) is 0 Å². The first-order valence-electron chi connectivity index (χ1n) is 5.62. The molecule has 1 heterocycles. The molecule has 0 aliphatic heterocycles. The van der Waals surface area contributed by atoms with Crippen molar-refractivity contribution in [3.8, 4) is 22.8 Å². The molecule has 3 heteroatoms. The number of aromatic nitrogens is 1. The lowest BCUT2D eigenvalue weighted by Crippen LogP contribution is -1.85. The SMILES string of the molecule is Oc1cccc(O)c1-c1cc2ccccc2cn1. The Kier molecular flexibility index (Phi) is 2.38. The molecule has 1 aromatic heterocycles. The lowest BCUT2D eigenvalue weighted by molar-refractivity contribution is 0.454. The molecule has 0 atom stereocenters. The van der Waals surface area contributed by atoms with E-state index in [0.717, 1.165) is 10.8 Å². The van der Waals surface area contributed by atoms with Gasteiger partial charge in [0, 0.05) is 11.6 Å². The van der Waals surface area contributed by atoms with E-state index in [0.29, 0.717) is 11.3 Å². The summed E-state index contributed by atoms with van der Waals surface area (Å²) in [5.74, 6) is 0.0514. The summed E-state index contributed by atoms with van der Waals surface area (Å²) < 4.78 is 0. The van der Waals surface area contributed by atoms with Gasteiger partial charge in [0.15, 0.2) is 0 Å². The summed E-state index contributed by atoms with van der Waals surface area (Å²) in [5.41, 5.74) is 0.924. The smallest absolute Gasteiger partial charge is 0.128 e. The highest BCUT2D eigenvalue weighted by Crippen LogP contribution is 2.36. The molecule has 0 spiro atoms. The van der Waals surface area contributed by atoms with Gasteiger partial charge >= 0.3 is 0 Å². The van der Waals surface area contributed by atoms with Gasteiger partial charge in [-0.2, -0.15) is 0 Å². The Balaban J connectivity index is 2.26. The summed E-state index contributed by atoms with van der Waals surface area (Å²) in [5, 5.41) is 21.7. The highest BCUT2D eigenvalue weighted by Gasteiger charge is 2.11. The first-order chi connectivity index (χ1) is 8.75. The summed E-state index contributed by atoms with van der Waals surface area (Å²) >= 11 is 0. The van der Waals surface area contributed by atoms with E-state index in [-0.39, 0.29) is 11.5 Å². The second kappa shape index (κ2) is 4.04. The van der Waals surface area contributed by atoms with Crippen molar-refractivity contribution in [1.82, 2.24) is 4.98 Å². The van der Waals surface area contributed by atoms with Crippen LogP contribution in [0, 0.1) is 0 Å². The van der Waals surface area contributed by atoms with Crippen molar-refractivity contribution in [2.75, 3.05) is 0 Å². The molecule has 0 aliphatic carbocycles. The molecular formula is C15H11NO2. The number of phenols is 2. The van der Waals surface area contributed by atoms with Crippen LogP contribution in [0.5, 0.6) is 11.5 Å². The van der Waals surface area contributed by atoms with Crippen LogP contribution in [0.25, 0.3) is 22.0 Å². The lowest BCUT2D eigenvalue weighted by Gasteiger charge is -2.07. The lowest BCUT2D eigenvalue weighted by atomic mass is 10.1. The third-order valence-electron chi connectivity index (χ3n) is 2.91. The number of fused-ring (bicyclic) bond motifs is 1. The Morgan fingerprint density at radius 2 is 1.44 bits per heavy atom. The van der Waals surface area contributed by atoms with E-state index in [1.807, 2.05) is 30.3 Å². The Morgan fingerprint density at radius 1 is 0.778 bits per heavy atom. The predicted molar refractivity (Wildman–Crippen MR) is 70.5 cm³/mol. The number of pyridine rings is 1. The molecule has 0 saturated carbocycles. The van der Waals surface area contributed by atoms with E-state index >= 15 is 0 Å². The maximum absolute atomic E-state index is 9.82. The van der Waals surface area contributed by atoms with Crippen molar-refractivity contribution in [1.29, 1.82) is 0 Å². The number of hydrogen-bond acceptors (Lipinski definition) is 3. The van der Waals surface area contributed by atoms with E-state index in [2.05, 4.69) is 4.98 Å². The highest BCUT2D eigenvalue weighted by molar-refractivity contribution is 5.87. The number of phenolic OH excluding ortho intramolecular Hbond substituents is 2. The van der Waals surface area contributed by atoms with E-state index in [1.165, 1.54) is 12.1 Å². The highest BCUT2D eigenvalue weighted by atomic mass is 16.3. The number of aromatic hydroxyl groups is 2. The van der Waals surface area contributed by atoms with E-state index < -0.39 is 0 Å².